The van der Waals surface area contributed by atoms with Crippen molar-refractivity contribution in [2.45, 2.75) is 25.1 Å². The molecule has 0 aliphatic heterocycles. The lowest BCUT2D eigenvalue weighted by Crippen LogP contribution is -2.27. The first-order chi connectivity index (χ1) is 8.90. The Bertz CT molecular complexity index is 446. The number of anilines is 1. The van der Waals surface area contributed by atoms with Gasteiger partial charge in [-0.1, -0.05) is 15.9 Å². The van der Waals surface area contributed by atoms with Crippen molar-refractivity contribution in [3.63, 3.8) is 0 Å². The predicted octanol–water partition coefficient (Wildman–Crippen LogP) is 4.30. The van der Waals surface area contributed by atoms with Crippen LogP contribution in [0.15, 0.2) is 22.7 Å². The molecule has 1 atom stereocenters. The van der Waals surface area contributed by atoms with E-state index >= 15 is 0 Å². The van der Waals surface area contributed by atoms with Crippen LogP contribution in [-0.4, -0.2) is 19.8 Å². The first kappa shape index (κ1) is 14.7. The Balaban J connectivity index is 2.17. The van der Waals surface area contributed by atoms with Crippen LogP contribution in [0.1, 0.15) is 18.4 Å². The number of nitrogens with one attached hydrogen (secondary N) is 1. The summed E-state index contributed by atoms with van der Waals surface area (Å²) in [6.45, 7) is 0.499. The lowest BCUT2D eigenvalue weighted by molar-refractivity contribution is -0.137. The van der Waals surface area contributed by atoms with Gasteiger partial charge >= 0.3 is 6.18 Å². The molecule has 1 aromatic carbocycles. The molecule has 2 nitrogen and oxygen atoms in total. The van der Waals surface area contributed by atoms with Crippen LogP contribution in [0.2, 0.25) is 0 Å². The molecule has 1 unspecified atom stereocenters. The highest BCUT2D eigenvalue weighted by Gasteiger charge is 2.33. The van der Waals surface area contributed by atoms with Crippen molar-refractivity contribution in [2.75, 3.05) is 19.0 Å². The van der Waals surface area contributed by atoms with Crippen LogP contribution in [0.4, 0.5) is 18.9 Å². The average molecular weight is 338 g/mol. The summed E-state index contributed by atoms with van der Waals surface area (Å²) in [6, 6.07) is 3.93. The van der Waals surface area contributed by atoms with Gasteiger partial charge in [0.15, 0.2) is 0 Å². The molecule has 0 heterocycles. The number of halogens is 4. The van der Waals surface area contributed by atoms with Crippen LogP contribution < -0.4 is 5.32 Å². The van der Waals surface area contributed by atoms with Gasteiger partial charge in [0.25, 0.3) is 0 Å². The van der Waals surface area contributed by atoms with Crippen LogP contribution in [0.5, 0.6) is 0 Å². The van der Waals surface area contributed by atoms with Crippen LogP contribution in [0, 0.1) is 5.92 Å². The van der Waals surface area contributed by atoms with Crippen molar-refractivity contribution < 1.29 is 17.9 Å². The third kappa shape index (κ3) is 4.11. The monoisotopic (exact) mass is 337 g/mol. The van der Waals surface area contributed by atoms with E-state index in [1.54, 1.807) is 13.2 Å². The molecule has 1 fully saturated rings. The van der Waals surface area contributed by atoms with Crippen LogP contribution in [-0.2, 0) is 10.9 Å². The average Bonchev–Trinajstić information content (AvgIpc) is 3.10. The molecule has 1 N–H and O–H groups in total. The maximum atomic E-state index is 12.7. The minimum atomic E-state index is -4.34. The first-order valence-electron chi connectivity index (χ1n) is 6.03. The molecule has 0 bridgehead atoms. The third-order valence-corrected chi connectivity index (χ3v) is 3.57. The zero-order valence-electron chi connectivity index (χ0n) is 10.4. The predicted molar refractivity (Wildman–Crippen MR) is 71.2 cm³/mol. The van der Waals surface area contributed by atoms with Crippen molar-refractivity contribution in [2.24, 2.45) is 5.92 Å². The van der Waals surface area contributed by atoms with Gasteiger partial charge in [0.05, 0.1) is 18.2 Å². The molecular weight excluding hydrogens is 323 g/mol. The summed E-state index contributed by atoms with van der Waals surface area (Å²) in [4.78, 5) is 0. The molecule has 0 aromatic heterocycles. The summed E-state index contributed by atoms with van der Waals surface area (Å²) in [5.74, 6) is 0.494. The molecule has 0 saturated heterocycles. The Hall–Kier alpha value is -0.750. The van der Waals surface area contributed by atoms with E-state index in [9.17, 15) is 13.2 Å². The van der Waals surface area contributed by atoms with Crippen molar-refractivity contribution in [3.05, 3.63) is 28.2 Å². The van der Waals surface area contributed by atoms with E-state index in [-0.39, 0.29) is 6.04 Å². The van der Waals surface area contributed by atoms with E-state index in [0.29, 0.717) is 22.7 Å². The number of alkyl halides is 3. The molecule has 1 aromatic rings. The first-order valence-corrected chi connectivity index (χ1v) is 6.82. The van der Waals surface area contributed by atoms with Crippen molar-refractivity contribution in [1.82, 2.24) is 0 Å². The van der Waals surface area contributed by atoms with E-state index in [0.717, 1.165) is 25.0 Å². The van der Waals surface area contributed by atoms with Gasteiger partial charge < -0.3 is 10.1 Å². The quantitative estimate of drug-likeness (QED) is 0.864. The van der Waals surface area contributed by atoms with Gasteiger partial charge in [0.1, 0.15) is 0 Å². The summed E-state index contributed by atoms with van der Waals surface area (Å²) >= 11 is 3.12. The summed E-state index contributed by atoms with van der Waals surface area (Å²) in [7, 11) is 1.60. The van der Waals surface area contributed by atoms with E-state index < -0.39 is 11.7 Å². The minimum absolute atomic E-state index is 0.0698. The van der Waals surface area contributed by atoms with Gasteiger partial charge in [0.2, 0.25) is 0 Å². The van der Waals surface area contributed by atoms with Crippen molar-refractivity contribution >= 4 is 21.6 Å². The number of rotatable bonds is 5. The summed E-state index contributed by atoms with van der Waals surface area (Å²) < 4.78 is 43.7. The van der Waals surface area contributed by atoms with E-state index in [4.69, 9.17) is 4.74 Å². The minimum Gasteiger partial charge on any atom is -0.383 e. The Morgan fingerprint density at radius 3 is 2.58 bits per heavy atom. The molecule has 0 radical (unpaired) electrons. The fourth-order valence-corrected chi connectivity index (χ4v) is 2.52. The SMILES string of the molecule is COCC(Nc1cc(Br)cc(C(F)(F)F)c1)C1CC1. The van der Waals surface area contributed by atoms with E-state index in [2.05, 4.69) is 21.2 Å². The van der Waals surface area contributed by atoms with E-state index in [1.807, 2.05) is 0 Å². The largest absolute Gasteiger partial charge is 0.416 e. The Morgan fingerprint density at radius 2 is 2.05 bits per heavy atom. The maximum absolute atomic E-state index is 12.7. The zero-order valence-corrected chi connectivity index (χ0v) is 12.0. The number of methoxy groups -OCH3 is 1. The molecule has 2 rings (SSSR count). The Labute approximate surface area is 118 Å². The number of ether oxygens (including phenoxy) is 1. The zero-order chi connectivity index (χ0) is 14.0. The second-order valence-corrected chi connectivity index (χ2v) is 5.69. The van der Waals surface area contributed by atoms with Gasteiger partial charge in [-0.25, -0.2) is 0 Å². The molecule has 1 aliphatic rings. The number of hydrogen-bond acceptors (Lipinski definition) is 2. The molecule has 0 spiro atoms. The fourth-order valence-electron chi connectivity index (χ4n) is 2.02. The van der Waals surface area contributed by atoms with Crippen molar-refractivity contribution in [1.29, 1.82) is 0 Å². The Morgan fingerprint density at radius 1 is 1.37 bits per heavy atom. The molecule has 6 heteroatoms. The van der Waals surface area contributed by atoms with Crippen LogP contribution in [0.25, 0.3) is 0 Å². The molecule has 19 heavy (non-hydrogen) atoms. The third-order valence-electron chi connectivity index (χ3n) is 3.11. The topological polar surface area (TPSA) is 21.3 Å². The normalized spacial score (nSPS) is 17.3. The summed E-state index contributed by atoms with van der Waals surface area (Å²) in [6.07, 6.45) is -2.14. The van der Waals surface area contributed by atoms with Crippen LogP contribution in [0.3, 0.4) is 0 Å². The highest BCUT2D eigenvalue weighted by Crippen LogP contribution is 2.37. The van der Waals surface area contributed by atoms with Gasteiger partial charge in [-0.3, -0.25) is 0 Å². The maximum Gasteiger partial charge on any atom is 0.416 e. The van der Waals surface area contributed by atoms with Gasteiger partial charge in [-0.05, 0) is 37.0 Å². The van der Waals surface area contributed by atoms with Gasteiger partial charge in [0, 0.05) is 17.3 Å². The standard InChI is InChI=1S/C13H15BrF3NO/c1-19-7-12(8-2-3-8)18-11-5-9(13(15,16)17)4-10(14)6-11/h4-6,8,12,18H,2-3,7H2,1H3. The fraction of sp³-hybridized carbons (Fsp3) is 0.538. The van der Waals surface area contributed by atoms with Crippen molar-refractivity contribution in [3.8, 4) is 0 Å². The summed E-state index contributed by atoms with van der Waals surface area (Å²) in [5, 5.41) is 3.14. The van der Waals surface area contributed by atoms with Gasteiger partial charge in [-0.15, -0.1) is 0 Å². The number of hydrogen-bond donors (Lipinski definition) is 1. The lowest BCUT2D eigenvalue weighted by atomic mass is 10.1. The van der Waals surface area contributed by atoms with Crippen LogP contribution >= 0.6 is 15.9 Å². The second-order valence-electron chi connectivity index (χ2n) is 4.77. The molecular formula is C13H15BrF3NO. The molecule has 106 valence electrons. The molecule has 1 saturated carbocycles. The van der Waals surface area contributed by atoms with E-state index in [1.165, 1.54) is 0 Å². The lowest BCUT2D eigenvalue weighted by Gasteiger charge is -2.20. The second kappa shape index (κ2) is 5.71. The highest BCUT2D eigenvalue weighted by molar-refractivity contribution is 9.10. The smallest absolute Gasteiger partial charge is 0.383 e. The number of benzene rings is 1. The highest BCUT2D eigenvalue weighted by atomic mass is 79.9. The summed E-state index contributed by atoms with van der Waals surface area (Å²) in [5.41, 5.74) is -0.188. The molecule has 1 aliphatic carbocycles. The van der Waals surface area contributed by atoms with Gasteiger partial charge in [-0.2, -0.15) is 13.2 Å². The molecule has 0 amide bonds. The Kier molecular flexibility index (Phi) is 4.40.